The zero-order valence-corrected chi connectivity index (χ0v) is 59.0. The molecule has 9 aliphatic heterocycles. The quantitative estimate of drug-likeness (QED) is 0.0254. The molecule has 9 saturated heterocycles. The Kier molecular flexibility index (Phi) is 26.8. The maximum absolute atomic E-state index is 13.8. The van der Waals surface area contributed by atoms with Gasteiger partial charge in [0.05, 0.1) is 74.6 Å². The maximum atomic E-state index is 13.8. The number of likely N-dealkylation sites (tertiary alicyclic amines) is 9. The highest BCUT2D eigenvalue weighted by molar-refractivity contribution is 5.94. The van der Waals surface area contributed by atoms with E-state index in [0.717, 1.165) is 0 Å². The first kappa shape index (κ1) is 77.6. The van der Waals surface area contributed by atoms with Gasteiger partial charge in [0.1, 0.15) is 0 Å². The molecule has 0 aromatic heterocycles. The number of nitrogens with one attached hydrogen (secondary N) is 6. The SMILES string of the molecule is COC(=O)C1CC(=O)N(CCNC(=O)C2CC(=O)N(CCNC(=O)C3CC(=O)N(CCC(CN4CC(C(=O)NCCN5CC(C(=O)NCCN6CC(C(=O)OC)CC6=O)CC5=O)CC4=O)C(C)CN4CC(C(=O)NCCN5CC(C(=O)NCCN6CC(C(=O)OC)CC6=O)CC5=O)CC4=O)C3)C2)C1. The summed E-state index contributed by atoms with van der Waals surface area (Å²) in [5, 5.41) is 16.8. The van der Waals surface area contributed by atoms with Gasteiger partial charge in [0.2, 0.25) is 88.6 Å². The van der Waals surface area contributed by atoms with Crippen LogP contribution in [0.3, 0.4) is 0 Å². The zero-order valence-electron chi connectivity index (χ0n) is 59.0. The molecule has 0 aliphatic carbocycles. The van der Waals surface area contributed by atoms with Crippen molar-refractivity contribution in [3.05, 3.63) is 0 Å². The number of carbonyl (C=O) groups is 18. The van der Waals surface area contributed by atoms with E-state index in [9.17, 15) is 86.3 Å². The van der Waals surface area contributed by atoms with Gasteiger partial charge < -0.3 is 90.2 Å². The fourth-order valence-corrected chi connectivity index (χ4v) is 15.2. The molecule has 36 nitrogen and oxygen atoms in total. The summed E-state index contributed by atoms with van der Waals surface area (Å²) in [7, 11) is 3.75. The van der Waals surface area contributed by atoms with Crippen molar-refractivity contribution in [1.82, 2.24) is 76.0 Å². The molecule has 0 spiro atoms. The molecule has 11 atom stereocenters. The van der Waals surface area contributed by atoms with E-state index in [-0.39, 0.29) is 292 Å². The third kappa shape index (κ3) is 20.2. The van der Waals surface area contributed by atoms with Crippen LogP contribution < -0.4 is 31.9 Å². The van der Waals surface area contributed by atoms with E-state index in [0.29, 0.717) is 6.42 Å². The van der Waals surface area contributed by atoms with E-state index in [1.165, 1.54) is 50.7 Å². The van der Waals surface area contributed by atoms with Gasteiger partial charge in [-0.15, -0.1) is 0 Å². The van der Waals surface area contributed by atoms with E-state index in [4.69, 9.17) is 14.2 Å². The van der Waals surface area contributed by atoms with Gasteiger partial charge in [-0.25, -0.2) is 0 Å². The molecule has 0 aromatic rings. The second kappa shape index (κ2) is 35.6. The molecule has 566 valence electrons. The number of rotatable bonds is 35. The summed E-state index contributed by atoms with van der Waals surface area (Å²) >= 11 is 0. The van der Waals surface area contributed by atoms with Gasteiger partial charge >= 0.3 is 17.9 Å². The minimum atomic E-state index is -0.765. The summed E-state index contributed by atoms with van der Waals surface area (Å²) in [4.78, 5) is 247. The van der Waals surface area contributed by atoms with E-state index < -0.39 is 94.8 Å². The van der Waals surface area contributed by atoms with Crippen molar-refractivity contribution in [3.63, 3.8) is 0 Å². The zero-order chi connectivity index (χ0) is 74.3. The number of ether oxygens (including phenoxy) is 3. The van der Waals surface area contributed by atoms with Crippen LogP contribution in [0, 0.1) is 65.1 Å². The van der Waals surface area contributed by atoms with Gasteiger partial charge in [0, 0.05) is 215 Å². The Morgan fingerprint density at radius 2 is 0.476 bits per heavy atom. The molecule has 0 saturated carbocycles. The predicted octanol–water partition coefficient (Wildman–Crippen LogP) is -6.52. The number of methoxy groups -OCH3 is 3. The molecule has 9 fully saturated rings. The fraction of sp³-hybridized carbons (Fsp3) is 0.731. The molecule has 0 aromatic carbocycles. The third-order valence-electron chi connectivity index (χ3n) is 21.4. The first-order valence-electron chi connectivity index (χ1n) is 35.6. The number of hydrogen-bond acceptors (Lipinski definition) is 21. The van der Waals surface area contributed by atoms with Crippen LogP contribution in [-0.4, -0.2) is 329 Å². The van der Waals surface area contributed by atoms with Gasteiger partial charge in [-0.05, 0) is 18.3 Å². The normalized spacial score (nSPS) is 25.6. The Morgan fingerprint density at radius 3 is 0.709 bits per heavy atom. The summed E-state index contributed by atoms with van der Waals surface area (Å²) in [6.45, 7) is 4.78. The standard InChI is InChI=1S/C67H97N15O21/c1-39(28-81-34-45(23-57(81)90)63(96)72-7-14-76-32-43(21-52(76)85)61(94)70-10-17-79-37-48(26-55(79)88)66(99)102-3)40(29-82-35-46(24-58(82)91)64(97)73-8-15-77-33-44(22-53(77)86)62(95)71-11-18-80-38-49(27-56(80)89)67(100)103-4)5-12-74-30-41(19-50(74)83)59(92)68-6-13-75-31-42(20-51(75)84)60(93)69-9-16-78-36-47(25-54(78)87)65(98)101-2/h39-49H,5-38H2,1-4H3,(H,68,92)(H,69,93)(H,70,94)(H,71,95)(H,72,96)(H,73,97). The smallest absolute Gasteiger partial charge is 0.310 e. The number of amides is 15. The van der Waals surface area contributed by atoms with Crippen molar-refractivity contribution >= 4 is 107 Å². The van der Waals surface area contributed by atoms with Gasteiger partial charge in [-0.2, -0.15) is 0 Å². The lowest BCUT2D eigenvalue weighted by molar-refractivity contribution is -0.145. The number of esters is 3. The van der Waals surface area contributed by atoms with E-state index in [1.54, 1.807) is 14.7 Å². The minimum absolute atomic E-state index is 0.0249. The average molecular weight is 1450 g/mol. The molecular formula is C67H97N15O21. The summed E-state index contributed by atoms with van der Waals surface area (Å²) in [5.74, 6) is -12.9. The lowest BCUT2D eigenvalue weighted by atomic mass is 9.89. The van der Waals surface area contributed by atoms with Crippen molar-refractivity contribution in [3.8, 4) is 0 Å². The predicted molar refractivity (Wildman–Crippen MR) is 354 cm³/mol. The second-order valence-corrected chi connectivity index (χ2v) is 28.4. The van der Waals surface area contributed by atoms with Crippen molar-refractivity contribution in [2.24, 2.45) is 65.1 Å². The molecule has 9 aliphatic rings. The Hall–Kier alpha value is -9.54. The Morgan fingerprint density at radius 1 is 0.291 bits per heavy atom. The van der Waals surface area contributed by atoms with Crippen LogP contribution in [-0.2, 0) is 101 Å². The van der Waals surface area contributed by atoms with Gasteiger partial charge in [-0.1, -0.05) is 6.92 Å². The van der Waals surface area contributed by atoms with Gasteiger partial charge in [0.15, 0.2) is 0 Å². The highest BCUT2D eigenvalue weighted by Crippen LogP contribution is 2.30. The molecule has 15 amide bonds. The summed E-state index contributed by atoms with van der Waals surface area (Å²) < 4.78 is 14.2. The Labute approximate surface area is 595 Å². The highest BCUT2D eigenvalue weighted by atomic mass is 16.5. The first-order valence-corrected chi connectivity index (χ1v) is 35.6. The number of hydrogen-bond donors (Lipinski definition) is 6. The van der Waals surface area contributed by atoms with Crippen LogP contribution in [0.25, 0.3) is 0 Å². The van der Waals surface area contributed by atoms with Crippen molar-refractivity contribution in [1.29, 1.82) is 0 Å². The Bertz CT molecular complexity index is 3320. The Balaban J connectivity index is 0.730. The monoisotopic (exact) mass is 1450 g/mol. The van der Waals surface area contributed by atoms with Gasteiger partial charge in [0.25, 0.3) is 0 Å². The fourth-order valence-electron chi connectivity index (χ4n) is 15.2. The van der Waals surface area contributed by atoms with Crippen LogP contribution in [0.1, 0.15) is 71.1 Å². The molecule has 11 unspecified atom stereocenters. The van der Waals surface area contributed by atoms with Gasteiger partial charge in [-0.3, -0.25) is 86.3 Å². The van der Waals surface area contributed by atoms with Crippen LogP contribution >= 0.6 is 0 Å². The molecule has 0 radical (unpaired) electrons. The lowest BCUT2D eigenvalue weighted by Crippen LogP contribution is -2.42. The minimum Gasteiger partial charge on any atom is -0.469 e. The molecular weight excluding hydrogens is 1350 g/mol. The highest BCUT2D eigenvalue weighted by Gasteiger charge is 2.44. The van der Waals surface area contributed by atoms with Crippen molar-refractivity contribution in [2.75, 3.05) is 178 Å². The molecule has 0 bridgehead atoms. The topological polar surface area (TPSA) is 436 Å². The van der Waals surface area contributed by atoms with Crippen LogP contribution in [0.15, 0.2) is 0 Å². The van der Waals surface area contributed by atoms with Crippen LogP contribution in [0.4, 0.5) is 0 Å². The van der Waals surface area contributed by atoms with Crippen molar-refractivity contribution in [2.45, 2.75) is 71.1 Å². The number of carbonyl (C=O) groups excluding carboxylic acids is 18. The molecule has 36 heteroatoms. The molecule has 103 heavy (non-hydrogen) atoms. The third-order valence-corrected chi connectivity index (χ3v) is 21.4. The molecule has 6 N–H and O–H groups in total. The first-order chi connectivity index (χ1) is 49.2. The summed E-state index contributed by atoms with van der Waals surface area (Å²) in [6, 6.07) is 0. The summed E-state index contributed by atoms with van der Waals surface area (Å²) in [6.07, 6.45) is -0.0693. The van der Waals surface area contributed by atoms with Crippen LogP contribution in [0.2, 0.25) is 0 Å². The maximum Gasteiger partial charge on any atom is 0.310 e. The average Bonchev–Trinajstić information content (AvgIpc) is 1.70. The van der Waals surface area contributed by atoms with E-state index in [2.05, 4.69) is 31.9 Å². The van der Waals surface area contributed by atoms with Crippen LogP contribution in [0.5, 0.6) is 0 Å². The van der Waals surface area contributed by atoms with E-state index in [1.807, 2.05) is 6.92 Å². The molecule has 9 rings (SSSR count). The second-order valence-electron chi connectivity index (χ2n) is 28.4. The number of nitrogens with zero attached hydrogens (tertiary/aromatic N) is 9. The lowest BCUT2D eigenvalue weighted by Gasteiger charge is -2.32. The largest absolute Gasteiger partial charge is 0.469 e. The summed E-state index contributed by atoms with van der Waals surface area (Å²) in [5.41, 5.74) is 0. The van der Waals surface area contributed by atoms with Crippen molar-refractivity contribution < 1.29 is 101 Å². The van der Waals surface area contributed by atoms with E-state index >= 15 is 0 Å². The molecule has 9 heterocycles.